The molecule has 0 N–H and O–H groups in total. The number of allylic oxidation sites excluding steroid dienone is 2. The van der Waals surface area contributed by atoms with Crippen LogP contribution in [0.4, 0.5) is 0 Å². The minimum Gasteiger partial charge on any atom is -0.301 e. The molecule has 0 fully saturated rings. The number of carbonyl (C=O) groups is 1. The fourth-order valence-corrected chi connectivity index (χ4v) is 1.83. The van der Waals surface area contributed by atoms with Gasteiger partial charge in [-0.15, -0.1) is 0 Å². The third-order valence-corrected chi connectivity index (χ3v) is 2.63. The molecule has 0 spiro atoms. The number of nitrogens with zero attached hydrogens (tertiary/aromatic N) is 1. The van der Waals surface area contributed by atoms with Crippen molar-refractivity contribution < 1.29 is 4.79 Å². The number of rotatable bonds is 4. The average molecular weight is 179 g/mol. The van der Waals surface area contributed by atoms with Crippen LogP contribution in [0.1, 0.15) is 20.3 Å². The van der Waals surface area contributed by atoms with E-state index in [9.17, 15) is 4.79 Å². The second-order valence-electron chi connectivity index (χ2n) is 3.27. The number of carbonyl (C=O) groups excluding carboxylic acids is 1. The molecule has 1 aliphatic carbocycles. The van der Waals surface area contributed by atoms with Gasteiger partial charge in [0.15, 0.2) is 0 Å². The van der Waals surface area contributed by atoms with Crippen LogP contribution >= 0.6 is 0 Å². The highest BCUT2D eigenvalue weighted by Crippen LogP contribution is 2.22. The highest BCUT2D eigenvalue weighted by Gasteiger charge is 2.31. The van der Waals surface area contributed by atoms with Gasteiger partial charge in [0, 0.05) is 0 Å². The van der Waals surface area contributed by atoms with E-state index in [4.69, 9.17) is 0 Å². The van der Waals surface area contributed by atoms with Crippen LogP contribution < -0.4 is 0 Å². The van der Waals surface area contributed by atoms with Gasteiger partial charge in [-0.05, 0) is 19.5 Å². The first kappa shape index (κ1) is 10.2. The Morgan fingerprint density at radius 1 is 1.38 bits per heavy atom. The first-order chi connectivity index (χ1) is 6.29. The zero-order valence-corrected chi connectivity index (χ0v) is 8.36. The van der Waals surface area contributed by atoms with Gasteiger partial charge >= 0.3 is 0 Å². The Bertz CT molecular complexity index is 228. The minimum absolute atomic E-state index is 0.377. The summed E-state index contributed by atoms with van der Waals surface area (Å²) < 4.78 is 0. The van der Waals surface area contributed by atoms with Crippen LogP contribution in [0.15, 0.2) is 24.3 Å². The van der Waals surface area contributed by atoms with Crippen molar-refractivity contribution >= 4 is 6.29 Å². The Labute approximate surface area is 79.9 Å². The lowest BCUT2D eigenvalue weighted by molar-refractivity contribution is -0.115. The zero-order valence-electron chi connectivity index (χ0n) is 8.36. The van der Waals surface area contributed by atoms with E-state index >= 15 is 0 Å². The van der Waals surface area contributed by atoms with Crippen molar-refractivity contribution in [3.8, 4) is 0 Å². The summed E-state index contributed by atoms with van der Waals surface area (Å²) in [4.78, 5) is 13.3. The van der Waals surface area contributed by atoms with Crippen molar-refractivity contribution in [1.82, 2.24) is 4.90 Å². The molecule has 2 nitrogen and oxygen atoms in total. The first-order valence-electron chi connectivity index (χ1n) is 4.85. The van der Waals surface area contributed by atoms with Crippen LogP contribution in [0.25, 0.3) is 0 Å². The third kappa shape index (κ3) is 1.89. The van der Waals surface area contributed by atoms with Gasteiger partial charge in [0.05, 0.1) is 5.54 Å². The topological polar surface area (TPSA) is 20.3 Å². The quantitative estimate of drug-likeness (QED) is 0.613. The molecular formula is C11H17NO. The maximum Gasteiger partial charge on any atom is 0.144 e. The summed E-state index contributed by atoms with van der Waals surface area (Å²) in [6.45, 7) is 5.99. The lowest BCUT2D eigenvalue weighted by atomic mass is 9.91. The van der Waals surface area contributed by atoms with Gasteiger partial charge in [-0.1, -0.05) is 38.2 Å². The molecule has 1 atom stereocenters. The molecule has 0 saturated carbocycles. The smallest absolute Gasteiger partial charge is 0.144 e. The van der Waals surface area contributed by atoms with E-state index in [0.29, 0.717) is 0 Å². The van der Waals surface area contributed by atoms with E-state index in [1.54, 1.807) is 0 Å². The van der Waals surface area contributed by atoms with Crippen molar-refractivity contribution in [2.45, 2.75) is 25.8 Å². The van der Waals surface area contributed by atoms with Crippen LogP contribution in [0.2, 0.25) is 0 Å². The number of hydrogen-bond donors (Lipinski definition) is 0. The Kier molecular flexibility index (Phi) is 3.43. The maximum absolute atomic E-state index is 11.1. The van der Waals surface area contributed by atoms with Gasteiger partial charge in [-0.25, -0.2) is 0 Å². The van der Waals surface area contributed by atoms with Crippen LogP contribution in [-0.4, -0.2) is 29.8 Å². The number of likely N-dealkylation sites (N-methyl/N-ethyl adjacent to an activating group) is 1. The SMILES string of the molecule is CCN(CC)C1(C=O)C=CC=CC1. The second kappa shape index (κ2) is 4.38. The monoisotopic (exact) mass is 179 g/mol. The van der Waals surface area contributed by atoms with Crippen molar-refractivity contribution in [1.29, 1.82) is 0 Å². The van der Waals surface area contributed by atoms with Crippen LogP contribution in [-0.2, 0) is 4.79 Å². The molecule has 1 aliphatic rings. The molecule has 0 heterocycles. The van der Waals surface area contributed by atoms with Crippen LogP contribution in [0, 0.1) is 0 Å². The molecule has 1 rings (SSSR count). The first-order valence-corrected chi connectivity index (χ1v) is 4.85. The number of hydrogen-bond acceptors (Lipinski definition) is 2. The van der Waals surface area contributed by atoms with Gasteiger partial charge in [0.1, 0.15) is 6.29 Å². The Hall–Kier alpha value is -0.890. The predicted octanol–water partition coefficient (Wildman–Crippen LogP) is 1.78. The molecule has 0 aliphatic heterocycles. The zero-order chi connectivity index (χ0) is 9.73. The van der Waals surface area contributed by atoms with E-state index in [-0.39, 0.29) is 5.54 Å². The summed E-state index contributed by atoms with van der Waals surface area (Å²) in [5.41, 5.74) is -0.377. The fraction of sp³-hybridized carbons (Fsp3) is 0.545. The molecule has 72 valence electrons. The molecule has 0 bridgehead atoms. The van der Waals surface area contributed by atoms with E-state index in [1.807, 2.05) is 24.3 Å². The van der Waals surface area contributed by atoms with Crippen molar-refractivity contribution in [2.75, 3.05) is 13.1 Å². The standard InChI is InChI=1S/C11H17NO/c1-3-12(4-2)11(10-13)8-6-5-7-9-11/h5-8,10H,3-4,9H2,1-2H3. The number of aldehydes is 1. The largest absolute Gasteiger partial charge is 0.301 e. The van der Waals surface area contributed by atoms with Gasteiger partial charge in [0.25, 0.3) is 0 Å². The maximum atomic E-state index is 11.1. The second-order valence-corrected chi connectivity index (χ2v) is 3.27. The van der Waals surface area contributed by atoms with Crippen molar-refractivity contribution in [3.05, 3.63) is 24.3 Å². The lowest BCUT2D eigenvalue weighted by Gasteiger charge is -2.36. The average Bonchev–Trinajstić information content (AvgIpc) is 2.21. The molecule has 0 amide bonds. The molecular weight excluding hydrogens is 162 g/mol. The lowest BCUT2D eigenvalue weighted by Crippen LogP contribution is -2.48. The summed E-state index contributed by atoms with van der Waals surface area (Å²) >= 11 is 0. The molecule has 1 unspecified atom stereocenters. The summed E-state index contributed by atoms with van der Waals surface area (Å²) in [7, 11) is 0. The van der Waals surface area contributed by atoms with Gasteiger partial charge in [-0.2, -0.15) is 0 Å². The van der Waals surface area contributed by atoms with Crippen LogP contribution in [0.5, 0.6) is 0 Å². The van der Waals surface area contributed by atoms with E-state index in [1.165, 1.54) is 0 Å². The summed E-state index contributed by atoms with van der Waals surface area (Å²) in [6.07, 6.45) is 9.84. The van der Waals surface area contributed by atoms with E-state index < -0.39 is 0 Å². The van der Waals surface area contributed by atoms with Gasteiger partial charge in [-0.3, -0.25) is 4.90 Å². The predicted molar refractivity (Wildman–Crippen MR) is 54.6 cm³/mol. The van der Waals surface area contributed by atoms with E-state index in [0.717, 1.165) is 25.8 Å². The van der Waals surface area contributed by atoms with Gasteiger partial charge < -0.3 is 4.79 Å². The fourth-order valence-electron chi connectivity index (χ4n) is 1.83. The van der Waals surface area contributed by atoms with Crippen molar-refractivity contribution in [2.24, 2.45) is 0 Å². The third-order valence-electron chi connectivity index (χ3n) is 2.63. The Morgan fingerprint density at radius 3 is 2.46 bits per heavy atom. The molecule has 0 radical (unpaired) electrons. The highest BCUT2D eigenvalue weighted by molar-refractivity contribution is 5.69. The highest BCUT2D eigenvalue weighted by atomic mass is 16.1. The molecule has 0 aromatic rings. The molecule has 2 heteroatoms. The summed E-state index contributed by atoms with van der Waals surface area (Å²) in [5.74, 6) is 0. The minimum atomic E-state index is -0.377. The summed E-state index contributed by atoms with van der Waals surface area (Å²) in [6, 6.07) is 0. The van der Waals surface area contributed by atoms with E-state index in [2.05, 4.69) is 18.7 Å². The van der Waals surface area contributed by atoms with Crippen molar-refractivity contribution in [3.63, 3.8) is 0 Å². The normalized spacial score (nSPS) is 26.7. The summed E-state index contributed by atoms with van der Waals surface area (Å²) in [5, 5.41) is 0. The molecule has 0 aromatic carbocycles. The van der Waals surface area contributed by atoms with Crippen LogP contribution in [0.3, 0.4) is 0 Å². The molecule has 0 aromatic heterocycles. The molecule has 0 saturated heterocycles. The van der Waals surface area contributed by atoms with Gasteiger partial charge in [0.2, 0.25) is 0 Å². The Balaban J connectivity index is 2.85. The molecule has 13 heavy (non-hydrogen) atoms. The Morgan fingerprint density at radius 2 is 2.08 bits per heavy atom.